The van der Waals surface area contributed by atoms with Gasteiger partial charge in [-0.1, -0.05) is 25.5 Å². The van der Waals surface area contributed by atoms with Gasteiger partial charge in [-0.15, -0.1) is 0 Å². The SMILES string of the molecule is CCCCc1ccc(NCC2CCCO2)cc1. The molecule has 1 aliphatic heterocycles. The van der Waals surface area contributed by atoms with E-state index in [4.69, 9.17) is 4.74 Å². The maximum Gasteiger partial charge on any atom is 0.0748 e. The molecule has 1 atom stereocenters. The second-order valence-corrected chi connectivity index (χ2v) is 4.82. The van der Waals surface area contributed by atoms with Crippen molar-refractivity contribution >= 4 is 5.69 Å². The van der Waals surface area contributed by atoms with Gasteiger partial charge in [0, 0.05) is 18.8 Å². The summed E-state index contributed by atoms with van der Waals surface area (Å²) in [7, 11) is 0. The number of rotatable bonds is 6. The fourth-order valence-electron chi connectivity index (χ4n) is 2.21. The Balaban J connectivity index is 1.76. The lowest BCUT2D eigenvalue weighted by atomic mass is 10.1. The molecule has 1 aromatic carbocycles. The monoisotopic (exact) mass is 233 g/mol. The third kappa shape index (κ3) is 4.04. The lowest BCUT2D eigenvalue weighted by Gasteiger charge is -2.12. The van der Waals surface area contributed by atoms with E-state index in [9.17, 15) is 0 Å². The summed E-state index contributed by atoms with van der Waals surface area (Å²) >= 11 is 0. The number of hydrogen-bond donors (Lipinski definition) is 1. The van der Waals surface area contributed by atoms with Gasteiger partial charge in [0.25, 0.3) is 0 Å². The molecule has 0 bridgehead atoms. The number of nitrogens with one attached hydrogen (secondary N) is 1. The third-order valence-electron chi connectivity index (χ3n) is 3.33. The Bertz CT molecular complexity index is 314. The van der Waals surface area contributed by atoms with Crippen LogP contribution in [0.1, 0.15) is 38.2 Å². The molecule has 0 spiro atoms. The first-order valence-electron chi connectivity index (χ1n) is 6.83. The standard InChI is InChI=1S/C15H23NO/c1-2-3-5-13-7-9-14(10-8-13)16-12-15-6-4-11-17-15/h7-10,15-16H,2-6,11-12H2,1H3. The lowest BCUT2D eigenvalue weighted by molar-refractivity contribution is 0.120. The highest BCUT2D eigenvalue weighted by atomic mass is 16.5. The van der Waals surface area contributed by atoms with Crippen LogP contribution in [-0.4, -0.2) is 19.3 Å². The highest BCUT2D eigenvalue weighted by Gasteiger charge is 2.14. The molecule has 0 radical (unpaired) electrons. The molecule has 94 valence electrons. The summed E-state index contributed by atoms with van der Waals surface area (Å²) in [6.07, 6.45) is 6.56. The zero-order valence-corrected chi connectivity index (χ0v) is 10.7. The summed E-state index contributed by atoms with van der Waals surface area (Å²) in [5.41, 5.74) is 2.65. The van der Waals surface area contributed by atoms with Crippen LogP contribution >= 0.6 is 0 Å². The smallest absolute Gasteiger partial charge is 0.0748 e. The van der Waals surface area contributed by atoms with E-state index in [2.05, 4.69) is 36.5 Å². The molecule has 2 heteroatoms. The van der Waals surface area contributed by atoms with Crippen LogP contribution in [-0.2, 0) is 11.2 Å². The largest absolute Gasteiger partial charge is 0.382 e. The number of ether oxygens (including phenoxy) is 1. The molecule has 1 heterocycles. The Morgan fingerprint density at radius 3 is 2.76 bits per heavy atom. The van der Waals surface area contributed by atoms with E-state index in [1.165, 1.54) is 43.4 Å². The van der Waals surface area contributed by atoms with E-state index in [0.717, 1.165) is 13.2 Å². The Kier molecular flexibility index (Phi) is 4.87. The van der Waals surface area contributed by atoms with Gasteiger partial charge in [-0.3, -0.25) is 0 Å². The molecule has 0 aliphatic carbocycles. The Labute approximate surface area is 104 Å². The quantitative estimate of drug-likeness (QED) is 0.810. The number of hydrogen-bond acceptors (Lipinski definition) is 2. The zero-order chi connectivity index (χ0) is 11.9. The van der Waals surface area contributed by atoms with Gasteiger partial charge in [0.15, 0.2) is 0 Å². The first-order chi connectivity index (χ1) is 8.38. The molecule has 1 saturated heterocycles. The van der Waals surface area contributed by atoms with Crippen molar-refractivity contribution in [2.45, 2.75) is 45.1 Å². The predicted molar refractivity (Wildman–Crippen MR) is 72.5 cm³/mol. The fraction of sp³-hybridized carbons (Fsp3) is 0.600. The molecular formula is C15H23NO. The minimum atomic E-state index is 0.412. The van der Waals surface area contributed by atoms with Crippen molar-refractivity contribution in [1.29, 1.82) is 0 Å². The number of benzene rings is 1. The van der Waals surface area contributed by atoms with Crippen LogP contribution in [0, 0.1) is 0 Å². The van der Waals surface area contributed by atoms with E-state index in [0.29, 0.717) is 6.10 Å². The van der Waals surface area contributed by atoms with E-state index < -0.39 is 0 Å². The van der Waals surface area contributed by atoms with Crippen LogP contribution in [0.4, 0.5) is 5.69 Å². The van der Waals surface area contributed by atoms with E-state index in [1.54, 1.807) is 0 Å². The van der Waals surface area contributed by atoms with Crippen LogP contribution in [0.15, 0.2) is 24.3 Å². The molecule has 1 unspecified atom stereocenters. The molecule has 0 amide bonds. The van der Waals surface area contributed by atoms with Crippen molar-refractivity contribution in [1.82, 2.24) is 0 Å². The zero-order valence-electron chi connectivity index (χ0n) is 10.7. The maximum atomic E-state index is 5.59. The molecule has 1 fully saturated rings. The van der Waals surface area contributed by atoms with Gasteiger partial charge < -0.3 is 10.1 Å². The van der Waals surface area contributed by atoms with E-state index >= 15 is 0 Å². The van der Waals surface area contributed by atoms with Crippen molar-refractivity contribution in [3.05, 3.63) is 29.8 Å². The number of unbranched alkanes of at least 4 members (excludes halogenated alkanes) is 1. The van der Waals surface area contributed by atoms with Crippen molar-refractivity contribution in [3.63, 3.8) is 0 Å². The van der Waals surface area contributed by atoms with Crippen LogP contribution in [0.5, 0.6) is 0 Å². The average Bonchev–Trinajstić information content (AvgIpc) is 2.88. The minimum Gasteiger partial charge on any atom is -0.382 e. The summed E-state index contributed by atoms with van der Waals surface area (Å²) in [4.78, 5) is 0. The van der Waals surface area contributed by atoms with Gasteiger partial charge in [0.05, 0.1) is 6.10 Å². The van der Waals surface area contributed by atoms with Crippen molar-refractivity contribution in [2.24, 2.45) is 0 Å². The predicted octanol–water partition coefficient (Wildman–Crippen LogP) is 3.62. The van der Waals surface area contributed by atoms with Crippen molar-refractivity contribution < 1.29 is 4.74 Å². The van der Waals surface area contributed by atoms with Gasteiger partial charge in [-0.05, 0) is 43.4 Å². The maximum absolute atomic E-state index is 5.59. The molecule has 2 rings (SSSR count). The minimum absolute atomic E-state index is 0.412. The number of aryl methyl sites for hydroxylation is 1. The molecule has 1 aromatic rings. The van der Waals surface area contributed by atoms with Crippen LogP contribution < -0.4 is 5.32 Å². The highest BCUT2D eigenvalue weighted by Crippen LogP contribution is 2.15. The van der Waals surface area contributed by atoms with Crippen LogP contribution in [0.3, 0.4) is 0 Å². The van der Waals surface area contributed by atoms with Crippen molar-refractivity contribution in [2.75, 3.05) is 18.5 Å². The molecule has 0 saturated carbocycles. The molecule has 0 aromatic heterocycles. The normalized spacial score (nSPS) is 19.5. The Hall–Kier alpha value is -1.02. The molecule has 1 N–H and O–H groups in total. The summed E-state index contributed by atoms with van der Waals surface area (Å²) in [5.74, 6) is 0. The Morgan fingerprint density at radius 1 is 1.29 bits per heavy atom. The molecular weight excluding hydrogens is 210 g/mol. The van der Waals surface area contributed by atoms with Gasteiger partial charge in [-0.25, -0.2) is 0 Å². The van der Waals surface area contributed by atoms with Gasteiger partial charge in [-0.2, -0.15) is 0 Å². The van der Waals surface area contributed by atoms with Crippen LogP contribution in [0.2, 0.25) is 0 Å². The highest BCUT2D eigenvalue weighted by molar-refractivity contribution is 5.44. The lowest BCUT2D eigenvalue weighted by Crippen LogP contribution is -2.18. The fourth-order valence-corrected chi connectivity index (χ4v) is 2.21. The van der Waals surface area contributed by atoms with Crippen molar-refractivity contribution in [3.8, 4) is 0 Å². The first kappa shape index (κ1) is 12.4. The molecule has 1 aliphatic rings. The summed E-state index contributed by atoms with van der Waals surface area (Å²) in [6.45, 7) is 4.11. The Morgan fingerprint density at radius 2 is 2.12 bits per heavy atom. The summed E-state index contributed by atoms with van der Waals surface area (Å²) in [5, 5.41) is 3.44. The van der Waals surface area contributed by atoms with Crippen LogP contribution in [0.25, 0.3) is 0 Å². The molecule has 17 heavy (non-hydrogen) atoms. The summed E-state index contributed by atoms with van der Waals surface area (Å²) in [6, 6.07) is 8.82. The van der Waals surface area contributed by atoms with E-state index in [1.807, 2.05) is 0 Å². The molecule has 2 nitrogen and oxygen atoms in total. The third-order valence-corrected chi connectivity index (χ3v) is 3.33. The average molecular weight is 233 g/mol. The van der Waals surface area contributed by atoms with Gasteiger partial charge in [0.1, 0.15) is 0 Å². The van der Waals surface area contributed by atoms with Gasteiger partial charge in [0.2, 0.25) is 0 Å². The topological polar surface area (TPSA) is 21.3 Å². The second-order valence-electron chi connectivity index (χ2n) is 4.82. The van der Waals surface area contributed by atoms with Gasteiger partial charge >= 0.3 is 0 Å². The number of anilines is 1. The van der Waals surface area contributed by atoms with E-state index in [-0.39, 0.29) is 0 Å². The first-order valence-corrected chi connectivity index (χ1v) is 6.83. The summed E-state index contributed by atoms with van der Waals surface area (Å²) < 4.78 is 5.59. The second kappa shape index (κ2) is 6.65.